The number of carbonyl (C=O) groups is 3. The molecular formula is C26H24N2O5S. The first-order valence-corrected chi connectivity index (χ1v) is 11.6. The summed E-state index contributed by atoms with van der Waals surface area (Å²) in [6, 6.07) is 22.7. The third-order valence-corrected chi connectivity index (χ3v) is 6.30. The molecule has 174 valence electrons. The van der Waals surface area contributed by atoms with Crippen LogP contribution in [0.15, 0.2) is 72.8 Å². The molecule has 3 aromatic rings. The Balaban J connectivity index is 1.35. The van der Waals surface area contributed by atoms with Gasteiger partial charge in [-0.2, -0.15) is 0 Å². The van der Waals surface area contributed by atoms with Gasteiger partial charge < -0.3 is 14.8 Å². The van der Waals surface area contributed by atoms with E-state index >= 15 is 0 Å². The van der Waals surface area contributed by atoms with Crippen LogP contribution in [0, 0.1) is 0 Å². The van der Waals surface area contributed by atoms with Crippen LogP contribution in [-0.2, 0) is 24.4 Å². The van der Waals surface area contributed by atoms with E-state index in [1.165, 1.54) is 7.11 Å². The zero-order valence-electron chi connectivity index (χ0n) is 18.6. The molecule has 1 aliphatic rings. The van der Waals surface area contributed by atoms with Gasteiger partial charge in [0.2, 0.25) is 5.91 Å². The minimum Gasteiger partial charge on any atom is -0.496 e. The Morgan fingerprint density at radius 3 is 2.38 bits per heavy atom. The molecule has 0 aromatic heterocycles. The molecular weight excluding hydrogens is 452 g/mol. The van der Waals surface area contributed by atoms with Crippen LogP contribution in [0.25, 0.3) is 0 Å². The lowest BCUT2D eigenvalue weighted by atomic mass is 10.0. The van der Waals surface area contributed by atoms with E-state index in [0.29, 0.717) is 30.9 Å². The highest BCUT2D eigenvalue weighted by Crippen LogP contribution is 2.26. The Bertz CT molecular complexity index is 1180. The van der Waals surface area contributed by atoms with Crippen molar-refractivity contribution in [1.29, 1.82) is 0 Å². The number of amides is 3. The van der Waals surface area contributed by atoms with Crippen molar-refractivity contribution in [3.8, 4) is 11.5 Å². The third kappa shape index (κ3) is 5.96. The maximum atomic E-state index is 12.9. The van der Waals surface area contributed by atoms with E-state index in [4.69, 9.17) is 9.47 Å². The van der Waals surface area contributed by atoms with Crippen molar-refractivity contribution in [1.82, 2.24) is 10.6 Å². The molecule has 8 heteroatoms. The molecule has 2 N–H and O–H groups in total. The first-order chi connectivity index (χ1) is 16.5. The molecule has 0 bridgehead atoms. The highest BCUT2D eigenvalue weighted by molar-refractivity contribution is 8.15. The molecule has 1 heterocycles. The van der Waals surface area contributed by atoms with Crippen LogP contribution in [-0.4, -0.2) is 29.4 Å². The van der Waals surface area contributed by atoms with Gasteiger partial charge in [0.1, 0.15) is 18.1 Å². The summed E-state index contributed by atoms with van der Waals surface area (Å²) in [5.41, 5.74) is 3.16. The normalized spacial score (nSPS) is 15.0. The van der Waals surface area contributed by atoms with Gasteiger partial charge in [0.05, 0.1) is 17.9 Å². The van der Waals surface area contributed by atoms with Gasteiger partial charge in [-0.25, -0.2) is 0 Å². The van der Waals surface area contributed by atoms with Crippen LogP contribution < -0.4 is 20.1 Å². The standard InChI is InChI=1S/C26H24N2O5S/c1-32-22-12-9-19(14-23-25(30)28-26(31)34-23)13-21(22)24(29)27-15-17-7-10-20(11-8-17)33-16-18-5-3-2-4-6-18/h2-13,23H,14-16H2,1H3,(H,27,29)(H,28,30,31). The number of nitrogens with one attached hydrogen (secondary N) is 2. The van der Waals surface area contributed by atoms with Crippen LogP contribution in [0.1, 0.15) is 27.0 Å². The highest BCUT2D eigenvalue weighted by Gasteiger charge is 2.31. The number of methoxy groups -OCH3 is 1. The monoisotopic (exact) mass is 476 g/mol. The molecule has 1 atom stereocenters. The molecule has 1 aliphatic heterocycles. The maximum Gasteiger partial charge on any atom is 0.286 e. The summed E-state index contributed by atoms with van der Waals surface area (Å²) in [6.07, 6.45) is 0.344. The molecule has 3 amide bonds. The average molecular weight is 477 g/mol. The van der Waals surface area contributed by atoms with Gasteiger partial charge in [0.15, 0.2) is 0 Å². The third-order valence-electron chi connectivity index (χ3n) is 5.32. The fourth-order valence-electron chi connectivity index (χ4n) is 3.52. The quantitative estimate of drug-likeness (QED) is 0.483. The number of ether oxygens (including phenoxy) is 2. The van der Waals surface area contributed by atoms with Crippen LogP contribution >= 0.6 is 11.8 Å². The molecule has 0 aliphatic carbocycles. The Morgan fingerprint density at radius 2 is 1.71 bits per heavy atom. The molecule has 1 fully saturated rings. The van der Waals surface area contributed by atoms with E-state index in [1.807, 2.05) is 54.6 Å². The second-order valence-electron chi connectivity index (χ2n) is 7.72. The lowest BCUT2D eigenvalue weighted by Crippen LogP contribution is -2.26. The number of carbonyl (C=O) groups excluding carboxylic acids is 3. The zero-order valence-corrected chi connectivity index (χ0v) is 19.4. The first kappa shape index (κ1) is 23.4. The van der Waals surface area contributed by atoms with Gasteiger partial charge in [-0.05, 0) is 47.4 Å². The molecule has 4 rings (SSSR count). The SMILES string of the molecule is COc1ccc(CC2SC(=O)NC2=O)cc1C(=O)NCc1ccc(OCc2ccccc2)cc1. The Labute approximate surface area is 201 Å². The van der Waals surface area contributed by atoms with Crippen LogP contribution in [0.2, 0.25) is 0 Å². The fraction of sp³-hybridized carbons (Fsp3) is 0.192. The highest BCUT2D eigenvalue weighted by atomic mass is 32.2. The summed E-state index contributed by atoms with van der Waals surface area (Å²) in [5, 5.41) is 4.33. The van der Waals surface area contributed by atoms with Crippen molar-refractivity contribution >= 4 is 28.8 Å². The minimum atomic E-state index is -0.501. The molecule has 0 radical (unpaired) electrons. The van der Waals surface area contributed by atoms with Crippen molar-refractivity contribution in [2.24, 2.45) is 0 Å². The molecule has 34 heavy (non-hydrogen) atoms. The van der Waals surface area contributed by atoms with Gasteiger partial charge >= 0.3 is 0 Å². The Morgan fingerprint density at radius 1 is 0.971 bits per heavy atom. The maximum absolute atomic E-state index is 12.9. The summed E-state index contributed by atoms with van der Waals surface area (Å²) in [4.78, 5) is 36.1. The number of hydrogen-bond acceptors (Lipinski definition) is 6. The smallest absolute Gasteiger partial charge is 0.286 e. The summed E-state index contributed by atoms with van der Waals surface area (Å²) in [5.74, 6) is 0.585. The van der Waals surface area contributed by atoms with Crippen LogP contribution in [0.3, 0.4) is 0 Å². The van der Waals surface area contributed by atoms with Crippen LogP contribution in [0.4, 0.5) is 4.79 Å². The number of benzene rings is 3. The van der Waals surface area contributed by atoms with E-state index in [9.17, 15) is 14.4 Å². The predicted molar refractivity (Wildman–Crippen MR) is 130 cm³/mol. The van der Waals surface area contributed by atoms with Crippen molar-refractivity contribution in [3.05, 3.63) is 95.1 Å². The van der Waals surface area contributed by atoms with E-state index in [2.05, 4.69) is 10.6 Å². The lowest BCUT2D eigenvalue weighted by molar-refractivity contribution is -0.118. The predicted octanol–water partition coefficient (Wildman–Crippen LogP) is 4.10. The van der Waals surface area contributed by atoms with Crippen molar-refractivity contribution in [2.75, 3.05) is 7.11 Å². The topological polar surface area (TPSA) is 93.7 Å². The summed E-state index contributed by atoms with van der Waals surface area (Å²) in [6.45, 7) is 0.822. The van der Waals surface area contributed by atoms with Crippen LogP contribution in [0.5, 0.6) is 11.5 Å². The number of hydrogen-bond donors (Lipinski definition) is 2. The lowest BCUT2D eigenvalue weighted by Gasteiger charge is -2.13. The molecule has 1 unspecified atom stereocenters. The summed E-state index contributed by atoms with van der Waals surface area (Å²) in [7, 11) is 1.50. The molecule has 3 aromatic carbocycles. The zero-order chi connectivity index (χ0) is 23.9. The van der Waals surface area contributed by atoms with Gasteiger partial charge in [-0.1, -0.05) is 60.3 Å². The summed E-state index contributed by atoms with van der Waals surface area (Å²) >= 11 is 0.962. The molecule has 0 saturated carbocycles. The number of rotatable bonds is 9. The van der Waals surface area contributed by atoms with Crippen molar-refractivity contribution in [3.63, 3.8) is 0 Å². The first-order valence-electron chi connectivity index (χ1n) is 10.7. The molecule has 7 nitrogen and oxygen atoms in total. The van der Waals surface area contributed by atoms with E-state index in [0.717, 1.165) is 34.2 Å². The van der Waals surface area contributed by atoms with E-state index in [-0.39, 0.29) is 17.1 Å². The van der Waals surface area contributed by atoms with E-state index < -0.39 is 5.25 Å². The van der Waals surface area contributed by atoms with Gasteiger partial charge in [0, 0.05) is 6.54 Å². The summed E-state index contributed by atoms with van der Waals surface area (Å²) < 4.78 is 11.1. The van der Waals surface area contributed by atoms with Gasteiger partial charge in [-0.3, -0.25) is 19.7 Å². The second kappa shape index (κ2) is 10.9. The van der Waals surface area contributed by atoms with Gasteiger partial charge in [-0.15, -0.1) is 0 Å². The Kier molecular flexibility index (Phi) is 7.49. The average Bonchev–Trinajstić information content (AvgIpc) is 3.18. The van der Waals surface area contributed by atoms with Gasteiger partial charge in [0.25, 0.3) is 11.1 Å². The molecule has 1 saturated heterocycles. The van der Waals surface area contributed by atoms with Crippen molar-refractivity contribution < 1.29 is 23.9 Å². The van der Waals surface area contributed by atoms with E-state index in [1.54, 1.807) is 18.2 Å². The fourth-order valence-corrected chi connectivity index (χ4v) is 4.38. The minimum absolute atomic E-state index is 0.289. The van der Waals surface area contributed by atoms with Crippen molar-refractivity contribution in [2.45, 2.75) is 24.8 Å². The molecule has 0 spiro atoms. The number of imide groups is 1. The largest absolute Gasteiger partial charge is 0.496 e. The second-order valence-corrected chi connectivity index (χ2v) is 8.90. The number of thioether (sulfide) groups is 1. The Hall–Kier alpha value is -3.78.